The molecule has 0 saturated heterocycles. The smallest absolute Gasteiger partial charge is 0.306 e. The highest BCUT2D eigenvalue weighted by molar-refractivity contribution is 8.76. The first kappa shape index (κ1) is 53.2. The van der Waals surface area contributed by atoms with Crippen molar-refractivity contribution in [2.75, 3.05) is 37.8 Å². The number of carbonyl (C=O) groups excluding carboxylic acids is 5. The van der Waals surface area contributed by atoms with E-state index in [0.29, 0.717) is 31.7 Å². The lowest BCUT2D eigenvalue weighted by Crippen LogP contribution is -2.64. The van der Waals surface area contributed by atoms with E-state index in [2.05, 4.69) is 24.9 Å². The molecule has 0 spiro atoms. The Labute approximate surface area is 342 Å². The van der Waals surface area contributed by atoms with E-state index in [1.54, 1.807) is 21.6 Å². The Bertz CT molecular complexity index is 975. The van der Waals surface area contributed by atoms with Crippen molar-refractivity contribution < 1.29 is 43.9 Å². The molecule has 6 N–H and O–H groups in total. The number of Topliss-reactive ketones (excluding diaryl/α,β-unsaturated/α-hetero) is 1. The molecule has 13 heteroatoms. The highest BCUT2D eigenvalue weighted by atomic mass is 33.1. The van der Waals surface area contributed by atoms with Crippen molar-refractivity contribution in [1.82, 2.24) is 5.32 Å². The van der Waals surface area contributed by atoms with Crippen LogP contribution in [0.1, 0.15) is 187 Å². The topological polar surface area (TPSA) is 179 Å². The van der Waals surface area contributed by atoms with Gasteiger partial charge >= 0.3 is 17.9 Å². The van der Waals surface area contributed by atoms with E-state index in [4.69, 9.17) is 19.9 Å². The number of ether oxygens (including phenoxy) is 3. The molecular weight excluding hydrogens is 739 g/mol. The molecule has 0 aromatic carbocycles. The summed E-state index contributed by atoms with van der Waals surface area (Å²) in [5, 5.41) is 2.81. The first-order chi connectivity index (χ1) is 26.7. The Morgan fingerprint density at radius 1 is 0.564 bits per heavy atom. The molecule has 55 heavy (non-hydrogen) atoms. The van der Waals surface area contributed by atoms with Crippen molar-refractivity contribution in [1.29, 1.82) is 0 Å². The van der Waals surface area contributed by atoms with Gasteiger partial charge in [-0.05, 0) is 38.6 Å². The van der Waals surface area contributed by atoms with E-state index >= 15 is 0 Å². The molecular formula is C42H80N3O8S2+. The highest BCUT2D eigenvalue weighted by Crippen LogP contribution is 2.22. The van der Waals surface area contributed by atoms with Crippen LogP contribution in [0.4, 0.5) is 0 Å². The van der Waals surface area contributed by atoms with Crippen LogP contribution in [0.2, 0.25) is 0 Å². The van der Waals surface area contributed by atoms with Gasteiger partial charge in [-0.25, -0.2) is 0 Å². The van der Waals surface area contributed by atoms with Crippen LogP contribution in [-0.2, 0) is 38.2 Å². The molecule has 0 aromatic heterocycles. The predicted molar refractivity (Wildman–Crippen MR) is 226 cm³/mol. The van der Waals surface area contributed by atoms with E-state index in [9.17, 15) is 24.0 Å². The number of quaternary nitrogens is 1. The monoisotopic (exact) mass is 819 g/mol. The number of carbonyl (C=O) groups is 5. The molecule has 1 amide bonds. The number of unbranched alkanes of at least 4 members (excludes halogenated alkanes) is 17. The van der Waals surface area contributed by atoms with Gasteiger partial charge < -0.3 is 31.0 Å². The fraction of sp³-hybridized carbons (Fsp3) is 0.881. The van der Waals surface area contributed by atoms with Gasteiger partial charge in [-0.2, -0.15) is 0 Å². The molecule has 0 saturated carbocycles. The van der Waals surface area contributed by atoms with Gasteiger partial charge in [0.2, 0.25) is 5.91 Å². The molecule has 0 aromatic rings. The lowest BCUT2D eigenvalue weighted by molar-refractivity contribution is -0.404. The second-order valence-corrected chi connectivity index (χ2v) is 17.4. The SMILES string of the molecule is CCCCCCCCCCCC(=O)OC[C@@H](COC(=O)CCC(=O)NCCSSCCCC(=O)C([NH3+])CCCCN)OC(=O)CCCCCCCCCCC. The Kier molecular flexibility index (Phi) is 39.0. The second kappa shape index (κ2) is 40.4. The van der Waals surface area contributed by atoms with Crippen molar-refractivity contribution in [3.8, 4) is 0 Å². The van der Waals surface area contributed by atoms with E-state index in [0.717, 1.165) is 70.0 Å². The van der Waals surface area contributed by atoms with Crippen LogP contribution >= 0.6 is 21.6 Å². The van der Waals surface area contributed by atoms with Crippen LogP contribution in [0.5, 0.6) is 0 Å². The zero-order valence-corrected chi connectivity index (χ0v) is 36.5. The van der Waals surface area contributed by atoms with Gasteiger partial charge in [-0.1, -0.05) is 138 Å². The minimum atomic E-state index is -0.898. The third-order valence-electron chi connectivity index (χ3n) is 9.39. The number of hydrogen-bond donors (Lipinski definition) is 3. The predicted octanol–water partition coefficient (Wildman–Crippen LogP) is 8.19. The van der Waals surface area contributed by atoms with Gasteiger partial charge in [-0.3, -0.25) is 24.0 Å². The summed E-state index contributed by atoms with van der Waals surface area (Å²) in [6.07, 6.45) is 24.1. The number of amides is 1. The van der Waals surface area contributed by atoms with Crippen LogP contribution < -0.4 is 16.8 Å². The van der Waals surface area contributed by atoms with Crippen LogP contribution in [0, 0.1) is 0 Å². The summed E-state index contributed by atoms with van der Waals surface area (Å²) < 4.78 is 16.4. The lowest BCUT2D eigenvalue weighted by Gasteiger charge is -2.18. The van der Waals surface area contributed by atoms with Crippen molar-refractivity contribution in [2.24, 2.45) is 5.73 Å². The molecule has 2 atom stereocenters. The zero-order chi connectivity index (χ0) is 40.6. The molecule has 0 heterocycles. The quantitative estimate of drug-likeness (QED) is 0.0234. The van der Waals surface area contributed by atoms with Crippen LogP contribution in [-0.4, -0.2) is 79.6 Å². The van der Waals surface area contributed by atoms with Crippen LogP contribution in [0.3, 0.4) is 0 Å². The van der Waals surface area contributed by atoms with Gasteiger partial charge in [0.05, 0.1) is 6.42 Å². The Morgan fingerprint density at radius 2 is 1.05 bits per heavy atom. The van der Waals surface area contributed by atoms with Gasteiger partial charge in [-0.15, -0.1) is 0 Å². The van der Waals surface area contributed by atoms with Gasteiger partial charge in [0.1, 0.15) is 19.3 Å². The van der Waals surface area contributed by atoms with Crippen molar-refractivity contribution in [3.63, 3.8) is 0 Å². The minimum absolute atomic E-state index is 0.0208. The zero-order valence-electron chi connectivity index (χ0n) is 34.9. The normalized spacial score (nSPS) is 12.2. The highest BCUT2D eigenvalue weighted by Gasteiger charge is 2.20. The maximum atomic E-state index is 12.6. The molecule has 0 rings (SSSR count). The van der Waals surface area contributed by atoms with Crippen molar-refractivity contribution in [2.45, 2.75) is 199 Å². The average Bonchev–Trinajstić information content (AvgIpc) is 3.17. The van der Waals surface area contributed by atoms with Gasteiger partial charge in [0, 0.05) is 50.2 Å². The molecule has 11 nitrogen and oxygen atoms in total. The number of ketones is 1. The number of nitrogens with two attached hydrogens (primary N) is 1. The third-order valence-corrected chi connectivity index (χ3v) is 11.9. The van der Waals surface area contributed by atoms with E-state index in [1.165, 1.54) is 77.0 Å². The van der Waals surface area contributed by atoms with E-state index < -0.39 is 18.0 Å². The Balaban J connectivity index is 4.41. The summed E-state index contributed by atoms with van der Waals surface area (Å²) in [4.78, 5) is 62.0. The van der Waals surface area contributed by atoms with Crippen molar-refractivity contribution in [3.05, 3.63) is 0 Å². The Morgan fingerprint density at radius 3 is 1.60 bits per heavy atom. The first-order valence-corrected chi connectivity index (χ1v) is 24.3. The fourth-order valence-electron chi connectivity index (χ4n) is 5.90. The first-order valence-electron chi connectivity index (χ1n) is 21.8. The summed E-state index contributed by atoms with van der Waals surface area (Å²) in [5.41, 5.74) is 9.48. The summed E-state index contributed by atoms with van der Waals surface area (Å²) in [6, 6.07) is -0.154. The average molecular weight is 819 g/mol. The fourth-order valence-corrected chi connectivity index (χ4v) is 7.89. The largest absolute Gasteiger partial charge is 0.462 e. The molecule has 322 valence electrons. The molecule has 0 aliphatic rings. The maximum Gasteiger partial charge on any atom is 0.306 e. The number of esters is 3. The van der Waals surface area contributed by atoms with E-state index in [1.807, 2.05) is 0 Å². The molecule has 0 aliphatic carbocycles. The minimum Gasteiger partial charge on any atom is -0.462 e. The lowest BCUT2D eigenvalue weighted by atomic mass is 10.0. The summed E-state index contributed by atoms with van der Waals surface area (Å²) in [7, 11) is 3.30. The molecule has 0 aliphatic heterocycles. The van der Waals surface area contributed by atoms with Gasteiger partial charge in [0.25, 0.3) is 0 Å². The summed E-state index contributed by atoms with van der Waals surface area (Å²) in [6.45, 7) is 5.12. The van der Waals surface area contributed by atoms with Crippen molar-refractivity contribution >= 4 is 51.2 Å². The van der Waals surface area contributed by atoms with E-state index in [-0.39, 0.29) is 56.2 Å². The standard InChI is InChI=1S/C42H79N3O8S2/c1-3-5-7-9-11-13-15-17-19-26-40(48)51-34-36(53-42(50)27-20-18-16-14-12-10-8-6-4-2)35-52-41(49)29-28-39(47)45-31-33-55-54-32-23-25-38(46)37(44)24-21-22-30-43/h36-37H,3-35,43-44H2,1-2H3,(H,45,47)/p+1/t36-,37?/m0/s1. The molecule has 0 radical (unpaired) electrons. The van der Waals surface area contributed by atoms with Gasteiger partial charge in [0.15, 0.2) is 11.9 Å². The maximum absolute atomic E-state index is 12.6. The molecule has 1 unspecified atom stereocenters. The molecule has 0 bridgehead atoms. The van der Waals surface area contributed by atoms with Crippen LogP contribution in [0.25, 0.3) is 0 Å². The number of nitrogens with one attached hydrogen (secondary N) is 1. The van der Waals surface area contributed by atoms with Crippen LogP contribution in [0.15, 0.2) is 0 Å². The Hall–Kier alpha value is -1.83. The molecule has 0 fully saturated rings. The number of hydrogen-bond acceptors (Lipinski definition) is 11. The third kappa shape index (κ3) is 37.5. The number of rotatable bonds is 41. The summed E-state index contributed by atoms with van der Waals surface area (Å²) in [5.74, 6) is 0.170. The summed E-state index contributed by atoms with van der Waals surface area (Å²) >= 11 is 0. The second-order valence-electron chi connectivity index (χ2n) is 14.7.